The Kier molecular flexibility index (Phi) is 29.3. The van der Waals surface area contributed by atoms with E-state index in [1.165, 1.54) is 41.7 Å². The molecule has 0 aliphatic carbocycles. The molecule has 35 heteroatoms. The third kappa shape index (κ3) is 22.9. The van der Waals surface area contributed by atoms with E-state index in [0.717, 1.165) is 22.6 Å². The number of ether oxygens (including phenoxy) is 5. The molecule has 604 valence electrons. The molecule has 1 saturated heterocycles. The van der Waals surface area contributed by atoms with Crippen LogP contribution in [0.4, 0.5) is 14.9 Å². The number of carbonyl (C=O) groups is 8. The van der Waals surface area contributed by atoms with Crippen molar-refractivity contribution in [3.63, 3.8) is 0 Å². The van der Waals surface area contributed by atoms with E-state index in [-0.39, 0.29) is 83.3 Å². The lowest BCUT2D eigenvalue weighted by Gasteiger charge is -2.42. The van der Waals surface area contributed by atoms with Crippen LogP contribution in [0.3, 0.4) is 0 Å². The molecule has 5 aromatic carbocycles. The van der Waals surface area contributed by atoms with Crippen LogP contribution in [0, 0.1) is 18.7 Å². The predicted molar refractivity (Wildman–Crippen MR) is 423 cm³/mol. The number of halogens is 2. The van der Waals surface area contributed by atoms with Crippen molar-refractivity contribution in [2.24, 2.45) is 17.4 Å². The minimum atomic E-state index is -4.64. The van der Waals surface area contributed by atoms with E-state index >= 15 is 0 Å². The zero-order valence-corrected chi connectivity index (χ0v) is 66.0. The standard InChI is InChI=1S/C79H90ClFN14O17S2/c1-47(2)70(91-64(96)28-37-109-38-34-94-65(97)25-26-66(94)98)74(100)90-59(14-11-29-85-79(83)104)73(99)89-54-22-19-51(52(40-54)42-92(4)77(101)58(82)45-114(105,106)107)43-95(5)35-31-93(32-36-95)33-39-110-62-24-23-56(48(3)69(62)80)67-68-75(86-46-87-76(68)113-71(67)49-17-20-53(81)21-18-49)112-63(78(102)103)41-50-12-7-9-15-60(50)111-44-55-27-30-84-72(88-55)57-13-8-10-16-61(57)108-6/h7-10,12-13,15-27,30,40,46-47,58-59,63,70H,11,14,28-29,31-39,41-45,82H2,1-6H3,(H7-,83,85,89,90,91,96,99,100,102,103,104,105,106,107)/p+1/t58-,59+,63-,70+/m1/s1. The van der Waals surface area contributed by atoms with Crippen LogP contribution < -0.4 is 51.7 Å². The van der Waals surface area contributed by atoms with Crippen LogP contribution in [-0.2, 0) is 74.5 Å². The van der Waals surface area contributed by atoms with Gasteiger partial charge < -0.3 is 70.9 Å². The third-order valence-electron chi connectivity index (χ3n) is 19.3. The maximum Gasteiger partial charge on any atom is 0.345 e. The second kappa shape index (κ2) is 39.1. The first kappa shape index (κ1) is 85.3. The number of carboxylic acid groups (broad SMARTS) is 1. The molecule has 5 heterocycles. The molecule has 4 atom stereocenters. The van der Waals surface area contributed by atoms with Crippen LogP contribution in [-0.4, -0.2) is 221 Å². The zero-order valence-electron chi connectivity index (χ0n) is 63.6. The smallest absolute Gasteiger partial charge is 0.345 e. The summed E-state index contributed by atoms with van der Waals surface area (Å²) in [6.45, 7) is 8.79. The number of rotatable bonds is 39. The Morgan fingerprint density at radius 2 is 1.54 bits per heavy atom. The number of fused-ring (bicyclic) bond motifs is 1. The summed E-state index contributed by atoms with van der Waals surface area (Å²) in [5.74, 6) is -5.03. The molecule has 10 rings (SSSR count). The topological polar surface area (TPSA) is 419 Å². The molecule has 0 radical (unpaired) electrons. The number of carbonyl (C=O) groups excluding carboxylic acids is 7. The summed E-state index contributed by atoms with van der Waals surface area (Å²) in [7, 11) is 0.433. The first-order chi connectivity index (χ1) is 54.4. The van der Waals surface area contributed by atoms with Crippen LogP contribution in [0.5, 0.6) is 23.1 Å². The van der Waals surface area contributed by atoms with Gasteiger partial charge in [-0.05, 0) is 108 Å². The Balaban J connectivity index is 0.807. The number of quaternary nitrogens is 1. The largest absolute Gasteiger partial charge is 0.496 e. The number of piperazine rings is 1. The molecular formula is C79H91ClFN14O17S2+. The Morgan fingerprint density at radius 1 is 0.825 bits per heavy atom. The highest BCUT2D eigenvalue weighted by Gasteiger charge is 2.35. The van der Waals surface area contributed by atoms with E-state index in [4.69, 9.17) is 51.7 Å². The first-order valence-electron chi connectivity index (χ1n) is 36.6. The number of carboxylic acids is 1. The second-order valence-corrected chi connectivity index (χ2v) is 31.0. The van der Waals surface area contributed by atoms with Gasteiger partial charge in [-0.25, -0.2) is 33.9 Å². The Bertz CT molecular complexity index is 4970. The summed E-state index contributed by atoms with van der Waals surface area (Å²) >= 11 is 8.57. The van der Waals surface area contributed by atoms with Gasteiger partial charge in [-0.3, -0.25) is 43.1 Å². The van der Waals surface area contributed by atoms with Crippen LogP contribution in [0.15, 0.2) is 134 Å². The number of aliphatic carboxylic acids is 1. The average Bonchev–Trinajstić information content (AvgIpc) is 1.61. The number of likely N-dealkylation sites (N-methyl/N-ethyl adjacent to an activating group) is 2. The fraction of sp³-hybridized carbons (Fsp3) is 0.367. The summed E-state index contributed by atoms with van der Waals surface area (Å²) in [4.78, 5) is 128. The molecule has 0 spiro atoms. The molecule has 3 aromatic heterocycles. The minimum Gasteiger partial charge on any atom is -0.496 e. The molecule has 8 aromatic rings. The number of para-hydroxylation sites is 2. The summed E-state index contributed by atoms with van der Waals surface area (Å²) in [5, 5.41) is 22.3. The van der Waals surface area contributed by atoms with Gasteiger partial charge in [-0.1, -0.05) is 80.0 Å². The highest BCUT2D eigenvalue weighted by molar-refractivity contribution is 7.85. The third-order valence-corrected chi connectivity index (χ3v) is 21.7. The Morgan fingerprint density at radius 3 is 2.25 bits per heavy atom. The lowest BCUT2D eigenvalue weighted by atomic mass is 9.96. The van der Waals surface area contributed by atoms with E-state index in [2.05, 4.69) is 48.2 Å². The maximum absolute atomic E-state index is 14.6. The molecular weight excluding hydrogens is 1540 g/mol. The van der Waals surface area contributed by atoms with Gasteiger partial charge in [-0.2, -0.15) is 8.42 Å². The number of hydrogen-bond acceptors (Lipinski definition) is 22. The number of urea groups is 1. The lowest BCUT2D eigenvalue weighted by Crippen LogP contribution is -2.57. The number of nitrogens with zero attached hydrogens (tertiary/aromatic N) is 8. The van der Waals surface area contributed by atoms with Crippen molar-refractivity contribution in [2.75, 3.05) is 97.9 Å². The highest BCUT2D eigenvalue weighted by Crippen LogP contribution is 2.50. The van der Waals surface area contributed by atoms with E-state index < -0.39 is 99.3 Å². The van der Waals surface area contributed by atoms with Gasteiger partial charge in [0.2, 0.25) is 35.6 Å². The lowest BCUT2D eigenvalue weighted by molar-refractivity contribution is -0.926. The summed E-state index contributed by atoms with van der Waals surface area (Å²) < 4.78 is 78.6. The maximum atomic E-state index is 14.6. The molecule has 10 N–H and O–H groups in total. The molecule has 0 unspecified atom stereocenters. The highest BCUT2D eigenvalue weighted by atomic mass is 35.5. The molecule has 1 fully saturated rings. The fourth-order valence-corrected chi connectivity index (χ4v) is 15.1. The van der Waals surface area contributed by atoms with Gasteiger partial charge >= 0.3 is 12.0 Å². The van der Waals surface area contributed by atoms with E-state index in [0.29, 0.717) is 132 Å². The van der Waals surface area contributed by atoms with Crippen LogP contribution >= 0.6 is 22.9 Å². The quantitative estimate of drug-likeness (QED) is 0.00823. The van der Waals surface area contributed by atoms with Crippen molar-refractivity contribution in [1.82, 2.24) is 50.6 Å². The molecule has 0 saturated carbocycles. The average molecular weight is 1630 g/mol. The van der Waals surface area contributed by atoms with Crippen molar-refractivity contribution in [2.45, 2.75) is 90.4 Å². The van der Waals surface area contributed by atoms with Gasteiger partial charge in [0, 0.05) is 92.7 Å². The number of thiophene rings is 1. The van der Waals surface area contributed by atoms with Gasteiger partial charge in [-0.15, -0.1) is 11.3 Å². The number of anilines is 1. The van der Waals surface area contributed by atoms with Crippen LogP contribution in [0.25, 0.3) is 43.2 Å². The number of nitrogens with two attached hydrogens (primary N) is 2. The fourth-order valence-electron chi connectivity index (χ4n) is 13.1. The molecule has 114 heavy (non-hydrogen) atoms. The minimum absolute atomic E-state index is 0.000376. The number of imide groups is 1. The second-order valence-electron chi connectivity index (χ2n) is 28.1. The first-order valence-corrected chi connectivity index (χ1v) is 39.4. The Hall–Kier alpha value is -11.1. The molecule has 0 bridgehead atoms. The molecule has 31 nitrogen and oxygen atoms in total. The van der Waals surface area contributed by atoms with Crippen molar-refractivity contribution in [3.8, 4) is 56.1 Å². The van der Waals surface area contributed by atoms with Crippen molar-refractivity contribution in [1.29, 1.82) is 0 Å². The normalized spacial score (nSPS) is 14.6. The van der Waals surface area contributed by atoms with E-state index in [1.54, 1.807) is 93.9 Å². The van der Waals surface area contributed by atoms with Gasteiger partial charge in [0.05, 0.1) is 74.4 Å². The summed E-state index contributed by atoms with van der Waals surface area (Å²) in [5.41, 5.74) is 17.1. The van der Waals surface area contributed by atoms with Gasteiger partial charge in [0.1, 0.15) is 72.1 Å². The number of aromatic nitrogens is 4. The van der Waals surface area contributed by atoms with Gasteiger partial charge in [0.15, 0.2) is 5.82 Å². The van der Waals surface area contributed by atoms with Gasteiger partial charge in [0.25, 0.3) is 21.9 Å². The zero-order chi connectivity index (χ0) is 82.0. The molecule has 8 amide bonds. The van der Waals surface area contributed by atoms with Crippen molar-refractivity contribution in [3.05, 3.63) is 173 Å². The number of primary amides is 1. The monoisotopic (exact) mass is 1630 g/mol. The number of nitrogens with one attached hydrogen (secondary N) is 4. The van der Waals surface area contributed by atoms with Crippen LogP contribution in [0.1, 0.15) is 61.1 Å². The molecule has 2 aliphatic heterocycles. The number of hydrogen-bond donors (Lipinski definition) is 8. The predicted octanol–water partition coefficient (Wildman–Crippen LogP) is 7.10. The number of amides is 8. The van der Waals surface area contributed by atoms with E-state index in [1.807, 2.05) is 37.3 Å². The van der Waals surface area contributed by atoms with Crippen LogP contribution in [0.2, 0.25) is 5.02 Å². The SMILES string of the molecule is COc1ccccc1-c1nccc(COc2ccccc2C[C@@H](Oc2ncnc3sc(-c4ccc(F)cc4)c(-c4ccc(OCCN5CC[N+](C)(Cc6ccc(NC(=O)[C@H](CCCNC(N)=O)NC(=O)[C@@H](NC(=O)CCOCCN7C(=O)C=CC7=O)C(C)C)cc6CN(C)C(=O)[C@H](N)CS(=O)(=O)O)CC5)c(Cl)c4C)c23)C(=O)O)n1. The summed E-state index contributed by atoms with van der Waals surface area (Å²) in [6.07, 6.45) is 3.60. The summed E-state index contributed by atoms with van der Waals surface area (Å²) in [6, 6.07) is 26.1. The van der Waals surface area contributed by atoms with Crippen molar-refractivity contribution >= 4 is 96.4 Å². The molecule has 2 aliphatic rings. The van der Waals surface area contributed by atoms with E-state index in [9.17, 15) is 60.8 Å². The Labute approximate surface area is 666 Å². The number of methoxy groups -OCH3 is 1. The number of benzene rings is 5. The van der Waals surface area contributed by atoms with Crippen molar-refractivity contribution < 1.29 is 89.0 Å².